The first kappa shape index (κ1) is 15.6. The predicted molar refractivity (Wildman–Crippen MR) is 74.9 cm³/mol. The molecule has 5 nitrogen and oxygen atoms in total. The standard InChI is InChI=1S/C12H14Cl2N2O3/c1-6-3-9(14)10(4-8(6)13)15-5-11(12(18)19)16-7(2)17/h3-4,11,15H,5H2,1-2H3,(H,16,17)(H,18,19). The first-order chi connectivity index (χ1) is 8.81. The molecule has 0 heterocycles. The van der Waals surface area contributed by atoms with Crippen molar-refractivity contribution in [2.45, 2.75) is 19.9 Å². The summed E-state index contributed by atoms with van der Waals surface area (Å²) in [7, 11) is 0. The van der Waals surface area contributed by atoms with Crippen LogP contribution in [0.4, 0.5) is 5.69 Å². The van der Waals surface area contributed by atoms with E-state index in [9.17, 15) is 9.59 Å². The van der Waals surface area contributed by atoms with E-state index in [0.29, 0.717) is 15.7 Å². The van der Waals surface area contributed by atoms with Gasteiger partial charge in [-0.3, -0.25) is 4.79 Å². The Morgan fingerprint density at radius 3 is 2.47 bits per heavy atom. The Bertz CT molecular complexity index is 506. The number of carboxylic acid groups (broad SMARTS) is 1. The van der Waals surface area contributed by atoms with Crippen molar-refractivity contribution in [3.63, 3.8) is 0 Å². The lowest BCUT2D eigenvalue weighted by Gasteiger charge is -2.16. The molecule has 0 aliphatic heterocycles. The summed E-state index contributed by atoms with van der Waals surface area (Å²) in [4.78, 5) is 21.8. The van der Waals surface area contributed by atoms with Crippen LogP contribution in [0.25, 0.3) is 0 Å². The van der Waals surface area contributed by atoms with Gasteiger partial charge in [-0.05, 0) is 24.6 Å². The molecular formula is C12H14Cl2N2O3. The number of amides is 1. The zero-order valence-corrected chi connectivity index (χ0v) is 12.0. The number of carboxylic acids is 1. The average Bonchev–Trinajstić information content (AvgIpc) is 2.29. The van der Waals surface area contributed by atoms with Gasteiger partial charge in [0.15, 0.2) is 0 Å². The fourth-order valence-corrected chi connectivity index (χ4v) is 1.89. The Morgan fingerprint density at radius 2 is 1.95 bits per heavy atom. The predicted octanol–water partition coefficient (Wildman–Crippen LogP) is 2.30. The van der Waals surface area contributed by atoms with Gasteiger partial charge in [0.25, 0.3) is 0 Å². The van der Waals surface area contributed by atoms with Crippen LogP contribution in [0.3, 0.4) is 0 Å². The first-order valence-corrected chi connectivity index (χ1v) is 6.26. The molecule has 0 fully saturated rings. The smallest absolute Gasteiger partial charge is 0.328 e. The van der Waals surface area contributed by atoms with Crippen LogP contribution >= 0.6 is 23.2 Å². The Kier molecular flexibility index (Phi) is 5.44. The van der Waals surface area contributed by atoms with E-state index in [1.165, 1.54) is 6.92 Å². The maximum absolute atomic E-state index is 10.9. The van der Waals surface area contributed by atoms with Gasteiger partial charge in [-0.1, -0.05) is 23.2 Å². The summed E-state index contributed by atoms with van der Waals surface area (Å²) in [5, 5.41) is 15.1. The van der Waals surface area contributed by atoms with Gasteiger partial charge >= 0.3 is 5.97 Å². The summed E-state index contributed by atoms with van der Waals surface area (Å²) >= 11 is 12.0. The number of rotatable bonds is 5. The van der Waals surface area contributed by atoms with E-state index < -0.39 is 17.9 Å². The molecule has 0 aliphatic carbocycles. The molecule has 1 aromatic carbocycles. The fourth-order valence-electron chi connectivity index (χ4n) is 1.44. The minimum absolute atomic E-state index is 0.00796. The molecule has 1 unspecified atom stereocenters. The van der Waals surface area contributed by atoms with Crippen LogP contribution < -0.4 is 10.6 Å². The zero-order valence-electron chi connectivity index (χ0n) is 10.5. The number of carbonyl (C=O) groups is 2. The molecule has 1 atom stereocenters. The third-order valence-electron chi connectivity index (χ3n) is 2.42. The van der Waals surface area contributed by atoms with E-state index in [-0.39, 0.29) is 6.54 Å². The molecule has 0 saturated heterocycles. The molecule has 1 aromatic rings. The van der Waals surface area contributed by atoms with E-state index in [2.05, 4.69) is 10.6 Å². The highest BCUT2D eigenvalue weighted by atomic mass is 35.5. The largest absolute Gasteiger partial charge is 0.480 e. The van der Waals surface area contributed by atoms with Crippen molar-refractivity contribution in [3.05, 3.63) is 27.7 Å². The number of hydrogen-bond donors (Lipinski definition) is 3. The van der Waals surface area contributed by atoms with Crippen LogP contribution in [-0.2, 0) is 9.59 Å². The van der Waals surface area contributed by atoms with E-state index in [0.717, 1.165) is 5.56 Å². The van der Waals surface area contributed by atoms with Gasteiger partial charge in [0.2, 0.25) is 5.91 Å². The lowest BCUT2D eigenvalue weighted by molar-refractivity contribution is -0.141. The fraction of sp³-hybridized carbons (Fsp3) is 0.333. The normalized spacial score (nSPS) is 11.8. The first-order valence-electron chi connectivity index (χ1n) is 5.50. The lowest BCUT2D eigenvalue weighted by atomic mass is 10.2. The van der Waals surface area contributed by atoms with Crippen LogP contribution in [0.2, 0.25) is 10.0 Å². The monoisotopic (exact) mass is 304 g/mol. The van der Waals surface area contributed by atoms with Crippen molar-refractivity contribution < 1.29 is 14.7 Å². The molecule has 0 spiro atoms. The van der Waals surface area contributed by atoms with E-state index in [1.54, 1.807) is 12.1 Å². The highest BCUT2D eigenvalue weighted by Gasteiger charge is 2.18. The van der Waals surface area contributed by atoms with Gasteiger partial charge in [-0.2, -0.15) is 0 Å². The van der Waals surface area contributed by atoms with E-state index in [1.807, 2.05) is 6.92 Å². The van der Waals surface area contributed by atoms with Crippen molar-refractivity contribution in [2.24, 2.45) is 0 Å². The maximum Gasteiger partial charge on any atom is 0.328 e. The van der Waals surface area contributed by atoms with Crippen molar-refractivity contribution >= 4 is 40.8 Å². The molecule has 7 heteroatoms. The van der Waals surface area contributed by atoms with E-state index >= 15 is 0 Å². The van der Waals surface area contributed by atoms with Crippen LogP contribution in [-0.4, -0.2) is 29.6 Å². The quantitative estimate of drug-likeness (QED) is 0.780. The highest BCUT2D eigenvalue weighted by Crippen LogP contribution is 2.28. The molecule has 3 N–H and O–H groups in total. The molecule has 19 heavy (non-hydrogen) atoms. The summed E-state index contributed by atoms with van der Waals surface area (Å²) < 4.78 is 0. The van der Waals surface area contributed by atoms with Gasteiger partial charge in [-0.25, -0.2) is 4.79 Å². The number of benzene rings is 1. The molecule has 104 valence electrons. The highest BCUT2D eigenvalue weighted by molar-refractivity contribution is 6.35. The number of halogens is 2. The second kappa shape index (κ2) is 6.63. The van der Waals surface area contributed by atoms with E-state index in [4.69, 9.17) is 28.3 Å². The zero-order chi connectivity index (χ0) is 14.6. The third-order valence-corrected chi connectivity index (χ3v) is 3.14. The summed E-state index contributed by atoms with van der Waals surface area (Å²) in [5.74, 6) is -1.54. The number of carbonyl (C=O) groups excluding carboxylic acids is 1. The van der Waals surface area contributed by atoms with Crippen LogP contribution in [0.1, 0.15) is 12.5 Å². The molecule has 0 aliphatic rings. The summed E-state index contributed by atoms with van der Waals surface area (Å²) in [6, 6.07) is 2.26. The second-order valence-corrected chi connectivity index (χ2v) is 4.87. The molecule has 1 rings (SSSR count). The minimum Gasteiger partial charge on any atom is -0.480 e. The van der Waals surface area contributed by atoms with Crippen LogP contribution in [0.15, 0.2) is 12.1 Å². The van der Waals surface area contributed by atoms with Crippen molar-refractivity contribution in [3.8, 4) is 0 Å². The molecule has 1 amide bonds. The lowest BCUT2D eigenvalue weighted by Crippen LogP contribution is -2.44. The van der Waals surface area contributed by atoms with Crippen molar-refractivity contribution in [1.29, 1.82) is 0 Å². The van der Waals surface area contributed by atoms with Crippen molar-refractivity contribution in [2.75, 3.05) is 11.9 Å². The van der Waals surface area contributed by atoms with Crippen molar-refractivity contribution in [1.82, 2.24) is 5.32 Å². The Balaban J connectivity index is 2.77. The van der Waals surface area contributed by atoms with Gasteiger partial charge in [0, 0.05) is 18.5 Å². The number of aliphatic carboxylic acids is 1. The number of aryl methyl sites for hydroxylation is 1. The number of anilines is 1. The Labute approximate surface area is 120 Å². The summed E-state index contributed by atoms with van der Waals surface area (Å²) in [6.45, 7) is 3.08. The van der Waals surface area contributed by atoms with Crippen LogP contribution in [0, 0.1) is 6.92 Å². The second-order valence-electron chi connectivity index (χ2n) is 4.05. The molecule has 0 bridgehead atoms. The van der Waals surface area contributed by atoms with Gasteiger partial charge in [-0.15, -0.1) is 0 Å². The summed E-state index contributed by atoms with van der Waals surface area (Å²) in [6.07, 6.45) is 0. The molecule has 0 saturated carbocycles. The third kappa shape index (κ3) is 4.61. The van der Waals surface area contributed by atoms with Gasteiger partial charge in [0.1, 0.15) is 6.04 Å². The topological polar surface area (TPSA) is 78.4 Å². The van der Waals surface area contributed by atoms with Crippen LogP contribution in [0.5, 0.6) is 0 Å². The number of hydrogen-bond acceptors (Lipinski definition) is 3. The summed E-state index contributed by atoms with van der Waals surface area (Å²) in [5.41, 5.74) is 1.35. The number of nitrogens with one attached hydrogen (secondary N) is 2. The van der Waals surface area contributed by atoms with Gasteiger partial charge in [0.05, 0.1) is 10.7 Å². The molecule has 0 radical (unpaired) electrons. The molecule has 0 aromatic heterocycles. The Morgan fingerprint density at radius 1 is 1.32 bits per heavy atom. The SMILES string of the molecule is CC(=O)NC(CNc1cc(Cl)c(C)cc1Cl)C(=O)O. The Hall–Kier alpha value is -1.46. The van der Waals surface area contributed by atoms with Gasteiger partial charge < -0.3 is 15.7 Å². The maximum atomic E-state index is 10.9. The minimum atomic E-state index is -1.13. The molecular weight excluding hydrogens is 291 g/mol. The average molecular weight is 305 g/mol.